The molecule has 9 nitrogen and oxygen atoms in total. The van der Waals surface area contributed by atoms with E-state index in [2.05, 4.69) is 5.32 Å². The van der Waals surface area contributed by atoms with Crippen molar-refractivity contribution >= 4 is 29.6 Å². The van der Waals surface area contributed by atoms with Crippen molar-refractivity contribution in [3.8, 4) is 0 Å². The van der Waals surface area contributed by atoms with Crippen LogP contribution in [0.4, 0.5) is 10.5 Å². The van der Waals surface area contributed by atoms with E-state index in [0.717, 1.165) is 16.7 Å². The van der Waals surface area contributed by atoms with Gasteiger partial charge in [0, 0.05) is 25.5 Å². The summed E-state index contributed by atoms with van der Waals surface area (Å²) in [4.78, 5) is 55.2. The molecule has 1 aliphatic heterocycles. The second-order valence-electron chi connectivity index (χ2n) is 11.2. The van der Waals surface area contributed by atoms with Crippen LogP contribution >= 0.6 is 0 Å². The third-order valence-electron chi connectivity index (χ3n) is 6.93. The van der Waals surface area contributed by atoms with Crippen molar-refractivity contribution in [1.29, 1.82) is 0 Å². The van der Waals surface area contributed by atoms with Crippen LogP contribution in [0.25, 0.3) is 0 Å². The highest BCUT2D eigenvalue weighted by Crippen LogP contribution is 2.39. The van der Waals surface area contributed by atoms with Gasteiger partial charge in [0.1, 0.15) is 23.9 Å². The van der Waals surface area contributed by atoms with E-state index in [0.29, 0.717) is 12.1 Å². The number of carbonyl (C=O) groups excluding carboxylic acids is 4. The highest BCUT2D eigenvalue weighted by molar-refractivity contribution is 6.03. The molecule has 3 aromatic rings. The molecule has 42 heavy (non-hydrogen) atoms. The fourth-order valence-electron chi connectivity index (χ4n) is 5.13. The second kappa shape index (κ2) is 12.9. The predicted octanol–water partition coefficient (Wildman–Crippen LogP) is 4.80. The normalized spacial score (nSPS) is 17.5. The number of anilines is 1. The van der Waals surface area contributed by atoms with Gasteiger partial charge in [-0.15, -0.1) is 0 Å². The van der Waals surface area contributed by atoms with Gasteiger partial charge in [0.15, 0.2) is 0 Å². The molecule has 0 aromatic heterocycles. The number of benzene rings is 3. The largest absolute Gasteiger partial charge is 0.467 e. The zero-order chi connectivity index (χ0) is 30.4. The van der Waals surface area contributed by atoms with Crippen molar-refractivity contribution in [1.82, 2.24) is 10.2 Å². The maximum atomic E-state index is 14.0. The van der Waals surface area contributed by atoms with E-state index >= 15 is 0 Å². The van der Waals surface area contributed by atoms with E-state index < -0.39 is 35.9 Å². The molecule has 3 unspecified atom stereocenters. The first-order valence-corrected chi connectivity index (χ1v) is 13.9. The molecular formula is C33H37N3O6. The lowest BCUT2D eigenvalue weighted by Crippen LogP contribution is -2.45. The first-order valence-electron chi connectivity index (χ1n) is 13.9. The number of alkyl carbamates (subject to hydrolysis) is 1. The molecule has 3 aromatic carbocycles. The minimum absolute atomic E-state index is 0.151. The molecule has 4 rings (SSSR count). The van der Waals surface area contributed by atoms with Gasteiger partial charge in [-0.05, 0) is 49.6 Å². The van der Waals surface area contributed by atoms with Crippen LogP contribution < -0.4 is 10.2 Å². The van der Waals surface area contributed by atoms with Gasteiger partial charge < -0.3 is 19.7 Å². The smallest absolute Gasteiger partial charge is 0.408 e. The highest BCUT2D eigenvalue weighted by atomic mass is 16.6. The maximum Gasteiger partial charge on any atom is 0.408 e. The minimum atomic E-state index is -0.968. The van der Waals surface area contributed by atoms with Crippen molar-refractivity contribution in [2.24, 2.45) is 0 Å². The number of amides is 3. The van der Waals surface area contributed by atoms with Crippen LogP contribution in [0.3, 0.4) is 0 Å². The van der Waals surface area contributed by atoms with E-state index in [9.17, 15) is 19.2 Å². The Morgan fingerprint density at radius 1 is 0.881 bits per heavy atom. The number of hydrogen-bond donors (Lipinski definition) is 1. The monoisotopic (exact) mass is 571 g/mol. The van der Waals surface area contributed by atoms with Crippen molar-refractivity contribution in [3.63, 3.8) is 0 Å². The fraction of sp³-hybridized carbons (Fsp3) is 0.333. The molecule has 1 saturated heterocycles. The predicted molar refractivity (Wildman–Crippen MR) is 158 cm³/mol. The first kappa shape index (κ1) is 30.3. The van der Waals surface area contributed by atoms with Crippen LogP contribution in [0.5, 0.6) is 0 Å². The maximum absolute atomic E-state index is 14.0. The fourth-order valence-corrected chi connectivity index (χ4v) is 5.13. The van der Waals surface area contributed by atoms with Gasteiger partial charge in [-0.3, -0.25) is 14.5 Å². The van der Waals surface area contributed by atoms with E-state index in [4.69, 9.17) is 9.47 Å². The molecule has 3 atom stereocenters. The van der Waals surface area contributed by atoms with Crippen molar-refractivity contribution in [3.05, 3.63) is 102 Å². The zero-order valence-corrected chi connectivity index (χ0v) is 24.6. The Morgan fingerprint density at radius 2 is 1.48 bits per heavy atom. The number of carbonyl (C=O) groups is 4. The number of ether oxygens (including phenoxy) is 2. The average Bonchev–Trinajstić information content (AvgIpc) is 3.24. The van der Waals surface area contributed by atoms with Gasteiger partial charge in [-0.1, -0.05) is 72.8 Å². The summed E-state index contributed by atoms with van der Waals surface area (Å²) < 4.78 is 10.2. The molecule has 0 saturated carbocycles. The number of esters is 1. The Kier molecular flexibility index (Phi) is 9.30. The highest BCUT2D eigenvalue weighted by Gasteiger charge is 2.48. The lowest BCUT2D eigenvalue weighted by atomic mass is 10.0. The summed E-state index contributed by atoms with van der Waals surface area (Å²) >= 11 is 0. The molecule has 0 aliphatic carbocycles. The van der Waals surface area contributed by atoms with Crippen LogP contribution in [-0.2, 0) is 36.7 Å². The topological polar surface area (TPSA) is 105 Å². The van der Waals surface area contributed by atoms with Crippen LogP contribution in [0.15, 0.2) is 84.9 Å². The van der Waals surface area contributed by atoms with Gasteiger partial charge in [-0.2, -0.15) is 0 Å². The summed E-state index contributed by atoms with van der Waals surface area (Å²) in [6.45, 7) is 6.69. The van der Waals surface area contributed by atoms with Crippen LogP contribution in [0, 0.1) is 0 Å². The number of rotatable bonds is 8. The first-order chi connectivity index (χ1) is 20.0. The third-order valence-corrected chi connectivity index (χ3v) is 6.93. The molecular weight excluding hydrogens is 534 g/mol. The summed E-state index contributed by atoms with van der Waals surface area (Å²) in [5.41, 5.74) is 2.38. The van der Waals surface area contributed by atoms with Gasteiger partial charge >= 0.3 is 12.1 Å². The third kappa shape index (κ3) is 7.15. The zero-order valence-electron chi connectivity index (χ0n) is 24.6. The van der Waals surface area contributed by atoms with Gasteiger partial charge in [0.05, 0.1) is 7.11 Å². The minimum Gasteiger partial charge on any atom is -0.467 e. The molecule has 0 radical (unpaired) electrons. The molecule has 0 spiro atoms. The summed E-state index contributed by atoms with van der Waals surface area (Å²) in [7, 11) is 1.25. The number of hydrogen-bond acceptors (Lipinski definition) is 6. The lowest BCUT2D eigenvalue weighted by Gasteiger charge is -2.31. The molecule has 220 valence electrons. The Balaban J connectivity index is 1.64. The molecule has 1 N–H and O–H groups in total. The number of nitrogens with zero attached hydrogens (tertiary/aromatic N) is 2. The van der Waals surface area contributed by atoms with Crippen molar-refractivity contribution in [2.45, 2.75) is 64.4 Å². The van der Waals surface area contributed by atoms with Gasteiger partial charge in [0.25, 0.3) is 5.91 Å². The van der Waals surface area contributed by atoms with Crippen molar-refractivity contribution in [2.75, 3.05) is 12.0 Å². The van der Waals surface area contributed by atoms with E-state index in [-0.39, 0.29) is 18.2 Å². The molecule has 0 bridgehead atoms. The summed E-state index contributed by atoms with van der Waals surface area (Å²) in [6, 6.07) is 24.6. The Morgan fingerprint density at radius 3 is 2.02 bits per heavy atom. The number of methoxy groups -OCH3 is 1. The molecule has 1 heterocycles. The Hall–Kier alpha value is -4.66. The average molecular weight is 572 g/mol. The van der Waals surface area contributed by atoms with Crippen LogP contribution in [0.2, 0.25) is 0 Å². The second-order valence-corrected chi connectivity index (χ2v) is 11.2. The molecule has 3 amide bonds. The molecule has 1 aliphatic rings. The Labute approximate surface area is 246 Å². The lowest BCUT2D eigenvalue weighted by molar-refractivity contribution is -0.143. The van der Waals surface area contributed by atoms with Gasteiger partial charge in [0.2, 0.25) is 5.91 Å². The van der Waals surface area contributed by atoms with E-state index in [1.807, 2.05) is 60.7 Å². The van der Waals surface area contributed by atoms with E-state index in [1.54, 1.807) is 54.8 Å². The summed E-state index contributed by atoms with van der Waals surface area (Å²) in [6.07, 6.45) is -0.823. The van der Waals surface area contributed by atoms with Gasteiger partial charge in [-0.25, -0.2) is 9.59 Å². The van der Waals surface area contributed by atoms with E-state index in [1.165, 1.54) is 14.0 Å². The van der Waals surface area contributed by atoms with Crippen LogP contribution in [0.1, 0.15) is 50.6 Å². The number of nitrogens with one attached hydrogen (secondary N) is 1. The summed E-state index contributed by atoms with van der Waals surface area (Å²) in [5, 5.41) is 2.58. The van der Waals surface area contributed by atoms with Crippen molar-refractivity contribution < 1.29 is 28.7 Å². The SMILES string of the molecule is COC(=O)C(Cc1ccc(N2C(=O)C(Cc3ccccc3)N(C(C)=O)C2c2ccccc2)cc1)NC(=O)OC(C)(C)C. The summed E-state index contributed by atoms with van der Waals surface area (Å²) in [5.74, 6) is -0.995. The standard InChI is InChI=1S/C33H37N3O6/c1-22(37)35-28(21-23-12-8-6-9-13-23)30(38)36(29(35)25-14-10-7-11-15-25)26-18-16-24(17-19-26)20-27(31(39)41-5)34-32(40)42-33(2,3)4/h6-19,27-29H,20-21H2,1-5H3,(H,34,40). The van der Waals surface area contributed by atoms with Crippen LogP contribution in [-0.4, -0.2) is 53.6 Å². The Bertz CT molecular complexity index is 1400. The molecule has 9 heteroatoms. The quantitative estimate of drug-likeness (QED) is 0.390. The molecule has 1 fully saturated rings.